The number of anilines is 2. The van der Waals surface area contributed by atoms with Gasteiger partial charge in [-0.15, -0.1) is 0 Å². The fourth-order valence-electron chi connectivity index (χ4n) is 5.09. The number of carbonyl (C=O) groups is 1. The van der Waals surface area contributed by atoms with E-state index in [0.717, 1.165) is 22.9 Å². The van der Waals surface area contributed by atoms with Gasteiger partial charge in [0.05, 0.1) is 36.0 Å². The van der Waals surface area contributed by atoms with Crippen molar-refractivity contribution in [1.82, 2.24) is 4.98 Å². The van der Waals surface area contributed by atoms with Crippen LogP contribution in [-0.4, -0.2) is 36.3 Å². The summed E-state index contributed by atoms with van der Waals surface area (Å²) in [4.78, 5) is 16.9. The summed E-state index contributed by atoms with van der Waals surface area (Å²) in [7, 11) is -3.74. The number of aromatic nitrogens is 1. The van der Waals surface area contributed by atoms with Gasteiger partial charge in [-0.05, 0) is 63.8 Å². The Balaban J connectivity index is 2.23. The summed E-state index contributed by atoms with van der Waals surface area (Å²) in [5.41, 5.74) is 12.7. The number of nitrogens with zero attached hydrogens (tertiary/aromatic N) is 2. The number of fused-ring (bicyclic) bond motifs is 3. The van der Waals surface area contributed by atoms with Crippen molar-refractivity contribution < 1.29 is 23.1 Å². The summed E-state index contributed by atoms with van der Waals surface area (Å²) in [5, 5.41) is 10.4. The van der Waals surface area contributed by atoms with E-state index in [4.69, 9.17) is 10.5 Å². The van der Waals surface area contributed by atoms with Crippen LogP contribution in [0.4, 0.5) is 11.4 Å². The normalized spacial score (nSPS) is 14.2. The molecular weight excluding hydrogens is 490 g/mol. The van der Waals surface area contributed by atoms with Gasteiger partial charge in [-0.3, -0.25) is 9.29 Å². The van der Waals surface area contributed by atoms with Crippen LogP contribution in [-0.2, 0) is 26.1 Å². The van der Waals surface area contributed by atoms with Crippen molar-refractivity contribution in [3.63, 3.8) is 0 Å². The molecule has 0 bridgehead atoms. The molecule has 0 unspecified atom stereocenters. The maximum Gasteiger partial charge on any atom is 0.337 e. The maximum absolute atomic E-state index is 13.1. The Morgan fingerprint density at radius 3 is 2.22 bits per heavy atom. The van der Waals surface area contributed by atoms with E-state index in [1.807, 2.05) is 38.1 Å². The summed E-state index contributed by atoms with van der Waals surface area (Å²) in [6, 6.07) is 7.81. The average molecular weight is 524 g/mol. The fourth-order valence-corrected chi connectivity index (χ4v) is 6.03. The minimum Gasteiger partial charge on any atom is -0.479 e. The molecule has 1 aromatic heterocycles. The molecule has 3 N–H and O–H groups in total. The van der Waals surface area contributed by atoms with Gasteiger partial charge in [0.15, 0.2) is 6.10 Å². The molecule has 2 aromatic carbocycles. The van der Waals surface area contributed by atoms with Crippen LogP contribution in [0.1, 0.15) is 54.7 Å². The van der Waals surface area contributed by atoms with E-state index in [2.05, 4.69) is 4.98 Å². The van der Waals surface area contributed by atoms with Gasteiger partial charge in [-0.25, -0.2) is 13.2 Å². The molecule has 0 saturated carbocycles. The molecule has 0 amide bonds. The number of nitrogens with two attached hydrogens (primary N) is 1. The smallest absolute Gasteiger partial charge is 0.337 e. The predicted octanol–water partition coefficient (Wildman–Crippen LogP) is 5.14. The SMILES string of the molecule is Cc1ccc(-c2c(C)c3c(c(C)c2[C@H](OC(C)(C)C)C(=O)O)N(S(C)(=O)=O)Cc2cncc(N)c2-3)cc1. The second-order valence-electron chi connectivity index (χ2n) is 10.6. The van der Waals surface area contributed by atoms with E-state index in [9.17, 15) is 18.3 Å². The molecule has 2 heterocycles. The van der Waals surface area contributed by atoms with Crippen LogP contribution in [0, 0.1) is 20.8 Å². The molecular formula is C28H33N3O5S. The van der Waals surface area contributed by atoms with Gasteiger partial charge in [-0.2, -0.15) is 0 Å². The summed E-state index contributed by atoms with van der Waals surface area (Å²) in [5.74, 6) is -1.16. The summed E-state index contributed by atoms with van der Waals surface area (Å²) >= 11 is 0. The number of ether oxygens (including phenoxy) is 1. The highest BCUT2D eigenvalue weighted by atomic mass is 32.2. The van der Waals surface area contributed by atoms with Crippen LogP contribution < -0.4 is 10.0 Å². The van der Waals surface area contributed by atoms with Gasteiger partial charge in [0.1, 0.15) is 0 Å². The molecule has 0 spiro atoms. The first-order valence-electron chi connectivity index (χ1n) is 12.0. The summed E-state index contributed by atoms with van der Waals surface area (Å²) < 4.78 is 33.6. The molecule has 1 atom stereocenters. The Labute approximate surface area is 218 Å². The minimum atomic E-state index is -3.74. The number of aryl methyl sites for hydroxylation is 1. The lowest BCUT2D eigenvalue weighted by atomic mass is 9.80. The van der Waals surface area contributed by atoms with Crippen molar-refractivity contribution in [3.8, 4) is 22.3 Å². The molecule has 0 fully saturated rings. The van der Waals surface area contributed by atoms with Crippen LogP contribution in [0.25, 0.3) is 22.3 Å². The quantitative estimate of drug-likeness (QED) is 0.474. The zero-order valence-corrected chi connectivity index (χ0v) is 23.0. The zero-order chi connectivity index (χ0) is 27.4. The second-order valence-corrected chi connectivity index (χ2v) is 12.5. The number of aliphatic carboxylic acids is 1. The molecule has 0 radical (unpaired) electrons. The number of sulfonamides is 1. The third kappa shape index (κ3) is 4.81. The van der Waals surface area contributed by atoms with Gasteiger partial charge < -0.3 is 15.6 Å². The standard InChI is InChI=1S/C28H33N3O5S/c1-15-8-10-18(11-9-15)21-16(2)22-24-19(12-30-13-20(24)29)14-31(37(7,34)35)25(22)17(3)23(21)26(27(32)33)36-28(4,5)6/h8-13,26H,14,29H2,1-7H3,(H,32,33)/t26-/m0/s1. The minimum absolute atomic E-state index is 0.0423. The van der Waals surface area contributed by atoms with Crippen molar-refractivity contribution in [2.45, 2.75) is 59.8 Å². The Bertz CT molecular complexity index is 1510. The molecule has 0 saturated heterocycles. The van der Waals surface area contributed by atoms with E-state index in [0.29, 0.717) is 44.8 Å². The summed E-state index contributed by atoms with van der Waals surface area (Å²) in [6.07, 6.45) is 2.99. The van der Waals surface area contributed by atoms with Crippen LogP contribution >= 0.6 is 0 Å². The van der Waals surface area contributed by atoms with Gasteiger partial charge in [0, 0.05) is 28.5 Å². The third-order valence-electron chi connectivity index (χ3n) is 6.58. The number of hydrogen-bond donors (Lipinski definition) is 2. The van der Waals surface area contributed by atoms with Gasteiger partial charge in [-0.1, -0.05) is 29.8 Å². The number of carboxylic acid groups (broad SMARTS) is 1. The van der Waals surface area contributed by atoms with E-state index in [1.165, 1.54) is 4.31 Å². The number of rotatable bonds is 5. The molecule has 1 aliphatic rings. The molecule has 196 valence electrons. The fraction of sp³-hybridized carbons (Fsp3) is 0.357. The molecule has 37 heavy (non-hydrogen) atoms. The van der Waals surface area contributed by atoms with Crippen LogP contribution in [0.2, 0.25) is 0 Å². The first-order valence-corrected chi connectivity index (χ1v) is 13.8. The molecule has 0 aliphatic carbocycles. The summed E-state index contributed by atoms with van der Waals surface area (Å²) in [6.45, 7) is 11.0. The highest BCUT2D eigenvalue weighted by molar-refractivity contribution is 7.92. The highest BCUT2D eigenvalue weighted by Crippen LogP contribution is 2.52. The van der Waals surface area contributed by atoms with Crippen LogP contribution in [0.3, 0.4) is 0 Å². The largest absolute Gasteiger partial charge is 0.479 e. The molecule has 3 aromatic rings. The average Bonchev–Trinajstić information content (AvgIpc) is 2.78. The Hall–Kier alpha value is -3.43. The predicted molar refractivity (Wildman–Crippen MR) is 146 cm³/mol. The van der Waals surface area contributed by atoms with Crippen LogP contribution in [0.5, 0.6) is 0 Å². The van der Waals surface area contributed by atoms with Crippen molar-refractivity contribution in [1.29, 1.82) is 0 Å². The van der Waals surface area contributed by atoms with E-state index >= 15 is 0 Å². The third-order valence-corrected chi connectivity index (χ3v) is 7.69. The first-order chi connectivity index (χ1) is 17.1. The Morgan fingerprint density at radius 1 is 1.05 bits per heavy atom. The van der Waals surface area contributed by atoms with Crippen molar-refractivity contribution in [2.75, 3.05) is 16.3 Å². The zero-order valence-electron chi connectivity index (χ0n) is 22.2. The monoisotopic (exact) mass is 523 g/mol. The number of benzene rings is 2. The van der Waals surface area contributed by atoms with Gasteiger partial charge >= 0.3 is 5.97 Å². The highest BCUT2D eigenvalue weighted by Gasteiger charge is 2.39. The van der Waals surface area contributed by atoms with E-state index in [-0.39, 0.29) is 6.54 Å². The lowest BCUT2D eigenvalue weighted by Crippen LogP contribution is -2.35. The Kier molecular flexibility index (Phi) is 6.58. The molecule has 8 nitrogen and oxygen atoms in total. The number of carboxylic acids is 1. The first kappa shape index (κ1) is 26.6. The van der Waals surface area contributed by atoms with Crippen LogP contribution in [0.15, 0.2) is 36.7 Å². The molecule has 4 rings (SSSR count). The Morgan fingerprint density at radius 2 is 1.68 bits per heavy atom. The second kappa shape index (κ2) is 9.15. The van der Waals surface area contributed by atoms with E-state index in [1.54, 1.807) is 40.1 Å². The van der Waals surface area contributed by atoms with E-state index < -0.39 is 27.7 Å². The number of pyridine rings is 1. The molecule has 1 aliphatic heterocycles. The number of hydrogen-bond acceptors (Lipinski definition) is 6. The van der Waals surface area contributed by atoms with Crippen molar-refractivity contribution in [2.24, 2.45) is 0 Å². The van der Waals surface area contributed by atoms with Gasteiger partial charge in [0.25, 0.3) is 0 Å². The lowest BCUT2D eigenvalue weighted by molar-refractivity contribution is -0.160. The van der Waals surface area contributed by atoms with Gasteiger partial charge in [0.2, 0.25) is 10.0 Å². The maximum atomic E-state index is 13.1. The lowest BCUT2D eigenvalue weighted by Gasteiger charge is -2.37. The topological polar surface area (TPSA) is 123 Å². The van der Waals surface area contributed by atoms with Crippen molar-refractivity contribution >= 4 is 27.4 Å². The molecule has 9 heteroatoms. The number of nitrogen functional groups attached to an aromatic ring is 1. The van der Waals surface area contributed by atoms with Crippen molar-refractivity contribution in [3.05, 3.63) is 64.5 Å².